The number of halogens is 1. The quantitative estimate of drug-likeness (QED) is 0.703. The third-order valence-electron chi connectivity index (χ3n) is 3.92. The molecule has 0 unspecified atom stereocenters. The maximum atomic E-state index is 13.0. The van der Waals surface area contributed by atoms with E-state index in [1.807, 2.05) is 31.2 Å². The van der Waals surface area contributed by atoms with Crippen molar-refractivity contribution in [3.05, 3.63) is 82.0 Å². The van der Waals surface area contributed by atoms with Gasteiger partial charge in [0.15, 0.2) is 0 Å². The molecule has 3 aromatic rings. The molecule has 0 aliphatic heterocycles. The second kappa shape index (κ2) is 6.97. The van der Waals surface area contributed by atoms with E-state index in [-0.39, 0.29) is 12.2 Å². The second-order valence-corrected chi connectivity index (χ2v) is 6.95. The number of hydrogen-bond acceptors (Lipinski definition) is 2. The normalized spacial score (nSPS) is 10.8. The van der Waals surface area contributed by atoms with Gasteiger partial charge in [-0.25, -0.2) is 4.39 Å². The molecule has 4 heteroatoms. The molecule has 122 valence electrons. The van der Waals surface area contributed by atoms with E-state index in [4.69, 9.17) is 5.11 Å². The highest BCUT2D eigenvalue weighted by molar-refractivity contribution is 7.15. The Morgan fingerprint density at radius 3 is 2.54 bits per heavy atom. The van der Waals surface area contributed by atoms with Crippen LogP contribution in [0.3, 0.4) is 0 Å². The minimum atomic E-state index is -0.820. The first-order chi connectivity index (χ1) is 11.5. The molecule has 0 radical (unpaired) electrons. The zero-order valence-corrected chi connectivity index (χ0v) is 14.1. The number of aryl methyl sites for hydroxylation is 1. The fourth-order valence-corrected chi connectivity index (χ4v) is 3.67. The van der Waals surface area contributed by atoms with Crippen molar-refractivity contribution in [1.82, 2.24) is 0 Å². The molecule has 1 heterocycles. The van der Waals surface area contributed by atoms with Gasteiger partial charge in [0, 0.05) is 16.2 Å². The van der Waals surface area contributed by atoms with E-state index in [0.29, 0.717) is 0 Å². The largest absolute Gasteiger partial charge is 0.481 e. The average Bonchev–Trinajstić information content (AvgIpc) is 2.99. The van der Waals surface area contributed by atoms with Crippen molar-refractivity contribution in [2.24, 2.45) is 0 Å². The highest BCUT2D eigenvalue weighted by atomic mass is 32.1. The first kappa shape index (κ1) is 16.4. The SMILES string of the molecule is Cc1ccc(CC(=O)O)cc1Cc1ccc(-c2ccc(F)cc2)s1. The summed E-state index contributed by atoms with van der Waals surface area (Å²) in [5, 5.41) is 8.94. The number of carboxylic acid groups (broad SMARTS) is 1. The Bertz CT molecular complexity index is 866. The minimum absolute atomic E-state index is 0.0402. The molecule has 1 N–H and O–H groups in total. The summed E-state index contributed by atoms with van der Waals surface area (Å²) in [4.78, 5) is 13.2. The first-order valence-electron chi connectivity index (χ1n) is 7.66. The van der Waals surface area contributed by atoms with Gasteiger partial charge in [0.05, 0.1) is 6.42 Å². The third-order valence-corrected chi connectivity index (χ3v) is 5.06. The van der Waals surface area contributed by atoms with Crippen molar-refractivity contribution >= 4 is 17.3 Å². The van der Waals surface area contributed by atoms with E-state index in [0.717, 1.165) is 33.6 Å². The van der Waals surface area contributed by atoms with Gasteiger partial charge in [-0.05, 0) is 53.4 Å². The summed E-state index contributed by atoms with van der Waals surface area (Å²) in [5.41, 5.74) is 4.12. The fraction of sp³-hybridized carbons (Fsp3) is 0.150. The van der Waals surface area contributed by atoms with Crippen LogP contribution in [0, 0.1) is 12.7 Å². The van der Waals surface area contributed by atoms with Gasteiger partial charge in [-0.1, -0.05) is 30.3 Å². The molecule has 0 saturated carbocycles. The van der Waals surface area contributed by atoms with Gasteiger partial charge < -0.3 is 5.11 Å². The molecule has 0 fully saturated rings. The highest BCUT2D eigenvalue weighted by Gasteiger charge is 2.08. The van der Waals surface area contributed by atoms with Crippen LogP contribution < -0.4 is 0 Å². The zero-order valence-electron chi connectivity index (χ0n) is 13.3. The van der Waals surface area contributed by atoms with Crippen molar-refractivity contribution in [2.75, 3.05) is 0 Å². The number of carboxylic acids is 1. The topological polar surface area (TPSA) is 37.3 Å². The lowest BCUT2D eigenvalue weighted by molar-refractivity contribution is -0.136. The standard InChI is InChI=1S/C20H17FO2S/c1-13-2-3-14(11-20(22)23)10-16(13)12-18-8-9-19(24-18)15-4-6-17(21)7-5-15/h2-10H,11-12H2,1H3,(H,22,23). The minimum Gasteiger partial charge on any atom is -0.481 e. The van der Waals surface area contributed by atoms with Gasteiger partial charge in [0.2, 0.25) is 0 Å². The Balaban J connectivity index is 1.82. The Labute approximate surface area is 144 Å². The van der Waals surface area contributed by atoms with Gasteiger partial charge in [0.1, 0.15) is 5.82 Å². The van der Waals surface area contributed by atoms with Gasteiger partial charge >= 0.3 is 5.97 Å². The molecule has 0 atom stereocenters. The summed E-state index contributed by atoms with van der Waals surface area (Å²) < 4.78 is 13.0. The number of hydrogen-bond donors (Lipinski definition) is 1. The van der Waals surface area contributed by atoms with Gasteiger partial charge in [-0.2, -0.15) is 0 Å². The molecular weight excluding hydrogens is 323 g/mol. The van der Waals surface area contributed by atoms with E-state index >= 15 is 0 Å². The van der Waals surface area contributed by atoms with Crippen LogP contribution >= 0.6 is 11.3 Å². The lowest BCUT2D eigenvalue weighted by Gasteiger charge is -2.07. The van der Waals surface area contributed by atoms with Gasteiger partial charge in [0.25, 0.3) is 0 Å². The molecule has 3 rings (SSSR count). The maximum absolute atomic E-state index is 13.0. The Morgan fingerprint density at radius 2 is 1.83 bits per heavy atom. The van der Waals surface area contributed by atoms with E-state index < -0.39 is 5.97 Å². The van der Waals surface area contributed by atoms with Crippen LogP contribution in [0.1, 0.15) is 21.6 Å². The van der Waals surface area contributed by atoms with Crippen molar-refractivity contribution < 1.29 is 14.3 Å². The Hall–Kier alpha value is -2.46. The third kappa shape index (κ3) is 3.89. The monoisotopic (exact) mass is 340 g/mol. The molecule has 2 nitrogen and oxygen atoms in total. The summed E-state index contributed by atoms with van der Waals surface area (Å²) in [7, 11) is 0. The van der Waals surface area contributed by atoms with Crippen LogP contribution in [0.4, 0.5) is 4.39 Å². The fourth-order valence-electron chi connectivity index (χ4n) is 2.63. The number of thiophene rings is 1. The molecular formula is C20H17FO2S. The summed E-state index contributed by atoms with van der Waals surface area (Å²) >= 11 is 1.68. The molecule has 0 aliphatic rings. The molecule has 0 saturated heterocycles. The summed E-state index contributed by atoms with van der Waals surface area (Å²) in [6.07, 6.45) is 0.809. The van der Waals surface area contributed by atoms with Crippen molar-refractivity contribution in [2.45, 2.75) is 19.8 Å². The lowest BCUT2D eigenvalue weighted by Crippen LogP contribution is -2.01. The zero-order chi connectivity index (χ0) is 17.1. The summed E-state index contributed by atoms with van der Waals surface area (Å²) in [5.74, 6) is -1.05. The number of benzene rings is 2. The van der Waals surface area contributed by atoms with E-state index in [9.17, 15) is 9.18 Å². The van der Waals surface area contributed by atoms with E-state index in [1.54, 1.807) is 23.5 Å². The molecule has 0 spiro atoms. The maximum Gasteiger partial charge on any atom is 0.307 e. The van der Waals surface area contributed by atoms with Crippen molar-refractivity contribution in [1.29, 1.82) is 0 Å². The van der Waals surface area contributed by atoms with Crippen LogP contribution in [-0.4, -0.2) is 11.1 Å². The predicted octanol–water partition coefficient (Wildman–Crippen LogP) is 5.08. The molecule has 0 aliphatic carbocycles. The molecule has 24 heavy (non-hydrogen) atoms. The van der Waals surface area contributed by atoms with Crippen LogP contribution in [0.5, 0.6) is 0 Å². The average molecular weight is 340 g/mol. The lowest BCUT2D eigenvalue weighted by atomic mass is 10.0. The van der Waals surface area contributed by atoms with Crippen molar-refractivity contribution in [3.63, 3.8) is 0 Å². The van der Waals surface area contributed by atoms with Crippen LogP contribution in [0.15, 0.2) is 54.6 Å². The summed E-state index contributed by atoms with van der Waals surface area (Å²) in [6.45, 7) is 2.04. The highest BCUT2D eigenvalue weighted by Crippen LogP contribution is 2.30. The van der Waals surface area contributed by atoms with Crippen LogP contribution in [0.2, 0.25) is 0 Å². The van der Waals surface area contributed by atoms with Crippen LogP contribution in [0.25, 0.3) is 10.4 Å². The van der Waals surface area contributed by atoms with Crippen LogP contribution in [-0.2, 0) is 17.6 Å². The number of aliphatic carboxylic acids is 1. The van der Waals surface area contributed by atoms with E-state index in [2.05, 4.69) is 6.07 Å². The Morgan fingerprint density at radius 1 is 1.08 bits per heavy atom. The Kier molecular flexibility index (Phi) is 4.76. The number of rotatable bonds is 5. The van der Waals surface area contributed by atoms with Gasteiger partial charge in [-0.3, -0.25) is 4.79 Å². The molecule has 0 bridgehead atoms. The molecule has 1 aromatic heterocycles. The van der Waals surface area contributed by atoms with Crippen molar-refractivity contribution in [3.8, 4) is 10.4 Å². The summed E-state index contributed by atoms with van der Waals surface area (Å²) in [6, 6.07) is 16.4. The second-order valence-electron chi connectivity index (χ2n) is 5.78. The smallest absolute Gasteiger partial charge is 0.307 e. The molecule has 0 amide bonds. The molecule has 2 aromatic carbocycles. The number of carbonyl (C=O) groups is 1. The van der Waals surface area contributed by atoms with Gasteiger partial charge in [-0.15, -0.1) is 11.3 Å². The first-order valence-corrected chi connectivity index (χ1v) is 8.48. The predicted molar refractivity (Wildman–Crippen MR) is 95.0 cm³/mol. The van der Waals surface area contributed by atoms with E-state index in [1.165, 1.54) is 17.0 Å².